The van der Waals surface area contributed by atoms with Gasteiger partial charge in [-0.1, -0.05) is 6.07 Å². The molecule has 1 aromatic carbocycles. The summed E-state index contributed by atoms with van der Waals surface area (Å²) in [6.07, 6.45) is 0.296. The van der Waals surface area contributed by atoms with Crippen molar-refractivity contribution in [3.8, 4) is 5.88 Å². The number of carbonyl (C=O) groups excluding carboxylic acids is 1. The lowest BCUT2D eigenvalue weighted by Crippen LogP contribution is -2.57. The number of fused-ring (bicyclic) bond motifs is 1. The molecule has 1 fully saturated rings. The minimum Gasteiger partial charge on any atom is -0.467 e. The van der Waals surface area contributed by atoms with Gasteiger partial charge in [0, 0.05) is 0 Å². The van der Waals surface area contributed by atoms with Crippen LogP contribution in [0.25, 0.3) is 0 Å². The number of benzene rings is 1. The summed E-state index contributed by atoms with van der Waals surface area (Å²) in [6.45, 7) is 0.631. The third-order valence-electron chi connectivity index (χ3n) is 4.39. The predicted molar refractivity (Wildman–Crippen MR) is 84.2 cm³/mol. The zero-order valence-corrected chi connectivity index (χ0v) is 13.4. The van der Waals surface area contributed by atoms with Gasteiger partial charge in [0.1, 0.15) is 11.9 Å². The molecule has 1 saturated heterocycles. The molecule has 1 aliphatic heterocycles. The number of hydrogen-bond acceptors (Lipinski definition) is 7. The fourth-order valence-corrected chi connectivity index (χ4v) is 2.92. The van der Waals surface area contributed by atoms with Gasteiger partial charge < -0.3 is 15.4 Å². The molecular weight excluding hydrogens is 347 g/mol. The number of halogens is 1. The highest BCUT2D eigenvalue weighted by molar-refractivity contribution is 5.98. The quantitative estimate of drug-likeness (QED) is 0.406. The van der Waals surface area contributed by atoms with Crippen molar-refractivity contribution in [2.24, 2.45) is 10.7 Å². The first-order valence-electron chi connectivity index (χ1n) is 7.85. The topological polar surface area (TPSA) is 139 Å². The van der Waals surface area contributed by atoms with E-state index in [1.54, 1.807) is 6.07 Å². The van der Waals surface area contributed by atoms with Crippen molar-refractivity contribution in [1.82, 2.24) is 20.7 Å². The normalized spacial score (nSPS) is 19.4. The van der Waals surface area contributed by atoms with Crippen LogP contribution in [-0.2, 0) is 6.42 Å². The van der Waals surface area contributed by atoms with Crippen LogP contribution in [0.15, 0.2) is 27.8 Å². The summed E-state index contributed by atoms with van der Waals surface area (Å²) >= 11 is 0. The van der Waals surface area contributed by atoms with Gasteiger partial charge in [0.2, 0.25) is 5.69 Å². The second-order valence-electron chi connectivity index (χ2n) is 6.05. The number of nitrogens with zero attached hydrogens (tertiary/aromatic N) is 4. The lowest BCUT2D eigenvalue weighted by molar-refractivity contribution is 0.0417. The summed E-state index contributed by atoms with van der Waals surface area (Å²) in [5.41, 5.74) is 8.93. The highest BCUT2D eigenvalue weighted by atomic mass is 19.1. The number of carbonyl (C=O) groups is 1. The van der Waals surface area contributed by atoms with Crippen molar-refractivity contribution in [2.45, 2.75) is 18.6 Å². The van der Waals surface area contributed by atoms with Crippen LogP contribution >= 0.6 is 0 Å². The second-order valence-corrected chi connectivity index (χ2v) is 6.05. The van der Waals surface area contributed by atoms with Gasteiger partial charge in [-0.05, 0) is 40.0 Å². The number of nitrogens with one attached hydrogen (secondary N) is 1. The van der Waals surface area contributed by atoms with Crippen molar-refractivity contribution >= 4 is 11.9 Å². The maximum Gasteiger partial charge on any atom is 0.315 e. The molecule has 4 N–H and O–H groups in total. The Morgan fingerprint density at radius 2 is 2.27 bits per heavy atom. The van der Waals surface area contributed by atoms with Crippen LogP contribution in [0.5, 0.6) is 5.88 Å². The number of aliphatic imine (C=N–C) groups is 1. The number of amides is 2. The largest absolute Gasteiger partial charge is 0.467 e. The number of rotatable bonds is 4. The van der Waals surface area contributed by atoms with E-state index in [1.807, 2.05) is 5.48 Å². The van der Waals surface area contributed by atoms with E-state index in [0.717, 1.165) is 11.1 Å². The lowest BCUT2D eigenvalue weighted by Gasteiger charge is -2.36. The number of ether oxygens (including phenoxy) is 1. The van der Waals surface area contributed by atoms with Crippen LogP contribution in [0.1, 0.15) is 22.9 Å². The summed E-state index contributed by atoms with van der Waals surface area (Å²) in [5, 5.41) is 16.8. The Bertz CT molecular complexity index is 879. The molecule has 2 aliphatic rings. The molecule has 2 amide bonds. The van der Waals surface area contributed by atoms with E-state index in [1.165, 1.54) is 17.0 Å². The Labute approximate surface area is 146 Å². The van der Waals surface area contributed by atoms with Crippen LogP contribution in [0.2, 0.25) is 0 Å². The fraction of sp³-hybridized carbons (Fsp3) is 0.333. The molecule has 136 valence electrons. The molecule has 26 heavy (non-hydrogen) atoms. The number of amidine groups is 1. The number of primary amides is 1. The van der Waals surface area contributed by atoms with Gasteiger partial charge in [0.15, 0.2) is 5.84 Å². The maximum atomic E-state index is 13.4. The summed E-state index contributed by atoms with van der Waals surface area (Å²) in [5.74, 6) is -0.330. The average Bonchev–Trinajstić information content (AvgIpc) is 3.01. The predicted octanol–water partition coefficient (Wildman–Crippen LogP) is 0.373. The fourth-order valence-electron chi connectivity index (χ4n) is 2.92. The molecule has 1 aromatic heterocycles. The Hall–Kier alpha value is -3.21. The third kappa shape index (κ3) is 2.81. The van der Waals surface area contributed by atoms with Gasteiger partial charge in [-0.15, -0.1) is 0 Å². The number of urea groups is 1. The van der Waals surface area contributed by atoms with Crippen LogP contribution in [-0.4, -0.2) is 51.5 Å². The van der Waals surface area contributed by atoms with Crippen LogP contribution in [0.4, 0.5) is 9.18 Å². The molecule has 0 spiro atoms. The SMILES string of the molecule is NC(=O)N1CC(Oc2nonc2C(=N[C@H]2Cc3ccc(F)cc32)NO)C1. The highest BCUT2D eigenvalue weighted by Gasteiger charge is 2.34. The summed E-state index contributed by atoms with van der Waals surface area (Å²) < 4.78 is 23.7. The second kappa shape index (κ2) is 6.26. The van der Waals surface area contributed by atoms with Gasteiger partial charge in [-0.3, -0.25) is 15.7 Å². The van der Waals surface area contributed by atoms with E-state index < -0.39 is 6.03 Å². The number of hydroxylamine groups is 1. The molecule has 10 nitrogen and oxygen atoms in total. The molecule has 0 radical (unpaired) electrons. The zero-order chi connectivity index (χ0) is 18.3. The van der Waals surface area contributed by atoms with Crippen molar-refractivity contribution < 1.29 is 23.8 Å². The molecule has 1 atom stereocenters. The smallest absolute Gasteiger partial charge is 0.315 e. The molecular formula is C15H15FN6O4. The molecule has 0 bridgehead atoms. The average molecular weight is 362 g/mol. The number of likely N-dealkylation sites (tertiary alicyclic amines) is 1. The van der Waals surface area contributed by atoms with E-state index in [9.17, 15) is 14.4 Å². The molecule has 4 rings (SSSR count). The van der Waals surface area contributed by atoms with Crippen LogP contribution in [0.3, 0.4) is 0 Å². The summed E-state index contributed by atoms with van der Waals surface area (Å²) in [4.78, 5) is 16.7. The lowest BCUT2D eigenvalue weighted by atomic mass is 9.83. The van der Waals surface area contributed by atoms with E-state index in [0.29, 0.717) is 19.5 Å². The van der Waals surface area contributed by atoms with Crippen molar-refractivity contribution in [1.29, 1.82) is 0 Å². The van der Waals surface area contributed by atoms with Crippen molar-refractivity contribution in [3.05, 3.63) is 40.8 Å². The van der Waals surface area contributed by atoms with Gasteiger partial charge in [-0.2, -0.15) is 0 Å². The first-order valence-corrected chi connectivity index (χ1v) is 7.85. The van der Waals surface area contributed by atoms with Crippen LogP contribution in [0, 0.1) is 5.82 Å². The standard InChI is InChI=1S/C15H15FN6O4/c16-8-2-1-7-3-11(10(7)4-8)18-13(19-24)12-14(21-26-20-12)25-9-5-22(6-9)15(17)23/h1-2,4,9,11,24H,3,5-6H2,(H2,17,23)(H,18,19)/t11-/m0/s1. The van der Waals surface area contributed by atoms with E-state index in [4.69, 9.17) is 10.5 Å². The Kier molecular flexibility index (Phi) is 3.92. The number of nitrogens with two attached hydrogens (primary N) is 1. The molecule has 2 heterocycles. The van der Waals surface area contributed by atoms with E-state index in [-0.39, 0.29) is 35.4 Å². The van der Waals surface area contributed by atoms with Crippen molar-refractivity contribution in [2.75, 3.05) is 13.1 Å². The minimum atomic E-state index is -0.529. The molecule has 11 heteroatoms. The first kappa shape index (κ1) is 16.3. The molecule has 0 unspecified atom stereocenters. The Balaban J connectivity index is 1.50. The zero-order valence-electron chi connectivity index (χ0n) is 13.4. The van der Waals surface area contributed by atoms with Crippen molar-refractivity contribution in [3.63, 3.8) is 0 Å². The van der Waals surface area contributed by atoms with Gasteiger partial charge >= 0.3 is 6.03 Å². The van der Waals surface area contributed by atoms with Gasteiger partial charge in [-0.25, -0.2) is 13.8 Å². The van der Waals surface area contributed by atoms with Gasteiger partial charge in [0.05, 0.1) is 19.1 Å². The Morgan fingerprint density at radius 3 is 3.00 bits per heavy atom. The first-order chi connectivity index (χ1) is 12.5. The minimum absolute atomic E-state index is 0.00718. The number of aromatic nitrogens is 2. The third-order valence-corrected chi connectivity index (χ3v) is 4.39. The monoisotopic (exact) mass is 362 g/mol. The molecule has 1 aliphatic carbocycles. The van der Waals surface area contributed by atoms with Gasteiger partial charge in [0.25, 0.3) is 5.88 Å². The maximum absolute atomic E-state index is 13.4. The highest BCUT2D eigenvalue weighted by Crippen LogP contribution is 2.37. The van der Waals surface area contributed by atoms with Crippen LogP contribution < -0.4 is 16.0 Å². The Morgan fingerprint density at radius 1 is 1.46 bits per heavy atom. The molecule has 2 aromatic rings. The number of hydrogen-bond donors (Lipinski definition) is 3. The van der Waals surface area contributed by atoms with E-state index >= 15 is 0 Å². The summed E-state index contributed by atoms with van der Waals surface area (Å²) in [6, 6.07) is 3.65. The molecule has 0 saturated carbocycles. The van der Waals surface area contributed by atoms with E-state index in [2.05, 4.69) is 19.9 Å². The summed E-state index contributed by atoms with van der Waals surface area (Å²) in [7, 11) is 0.